The van der Waals surface area contributed by atoms with E-state index in [1.54, 1.807) is 13.0 Å². The quantitative estimate of drug-likeness (QED) is 0.889. The fourth-order valence-electron chi connectivity index (χ4n) is 2.88. The Balaban J connectivity index is 1.84. The van der Waals surface area contributed by atoms with E-state index < -0.39 is 29.3 Å². The lowest BCUT2D eigenvalue weighted by atomic mass is 10.0. The van der Waals surface area contributed by atoms with Crippen molar-refractivity contribution in [2.75, 3.05) is 13.2 Å². The van der Waals surface area contributed by atoms with Gasteiger partial charge in [-0.2, -0.15) is 13.2 Å². The van der Waals surface area contributed by atoms with Crippen molar-refractivity contribution in [3.05, 3.63) is 69.6 Å². The highest BCUT2D eigenvalue weighted by Gasteiger charge is 2.34. The Labute approximate surface area is 147 Å². The minimum atomic E-state index is -4.45. The molecule has 1 N–H and O–H groups in total. The van der Waals surface area contributed by atoms with Crippen LogP contribution in [0.25, 0.3) is 0 Å². The number of aromatic amines is 1. The van der Waals surface area contributed by atoms with Gasteiger partial charge in [0.05, 0.1) is 24.8 Å². The molecule has 0 aliphatic carbocycles. The van der Waals surface area contributed by atoms with Crippen LogP contribution in [0.15, 0.2) is 47.3 Å². The molecule has 1 aliphatic rings. The van der Waals surface area contributed by atoms with Crippen LogP contribution < -0.4 is 5.56 Å². The number of alkyl halides is 3. The van der Waals surface area contributed by atoms with Gasteiger partial charge in [0.1, 0.15) is 11.8 Å². The predicted octanol–water partition coefficient (Wildman–Crippen LogP) is 3.00. The van der Waals surface area contributed by atoms with Gasteiger partial charge < -0.3 is 14.6 Å². The summed E-state index contributed by atoms with van der Waals surface area (Å²) in [6.45, 7) is 2.06. The normalized spacial score (nSPS) is 20.8. The number of hydrogen-bond acceptors (Lipinski definition) is 3. The van der Waals surface area contributed by atoms with Gasteiger partial charge in [0.25, 0.3) is 5.91 Å². The van der Waals surface area contributed by atoms with Gasteiger partial charge in [0, 0.05) is 6.07 Å². The topological polar surface area (TPSA) is 62.4 Å². The van der Waals surface area contributed by atoms with Crippen LogP contribution in [0.3, 0.4) is 0 Å². The molecule has 1 aliphatic heterocycles. The van der Waals surface area contributed by atoms with Crippen LogP contribution in [-0.2, 0) is 10.9 Å². The van der Waals surface area contributed by atoms with Gasteiger partial charge >= 0.3 is 6.18 Å². The first-order valence-electron chi connectivity index (χ1n) is 8.05. The molecule has 5 nitrogen and oxygen atoms in total. The summed E-state index contributed by atoms with van der Waals surface area (Å²) < 4.78 is 44.4. The molecule has 3 rings (SSSR count). The lowest BCUT2D eigenvalue weighted by Crippen LogP contribution is -2.48. The van der Waals surface area contributed by atoms with Gasteiger partial charge in [-0.05, 0) is 30.7 Å². The Morgan fingerprint density at radius 1 is 1.23 bits per heavy atom. The van der Waals surface area contributed by atoms with Gasteiger partial charge in [-0.3, -0.25) is 9.59 Å². The number of amides is 1. The number of hydrogen-bond donors (Lipinski definition) is 1. The molecule has 0 radical (unpaired) electrons. The second kappa shape index (κ2) is 6.95. The molecule has 138 valence electrons. The first-order chi connectivity index (χ1) is 12.3. The van der Waals surface area contributed by atoms with Crippen molar-refractivity contribution in [1.82, 2.24) is 9.88 Å². The fraction of sp³-hybridized carbons (Fsp3) is 0.333. The Morgan fingerprint density at radius 3 is 2.65 bits per heavy atom. The lowest BCUT2D eigenvalue weighted by molar-refractivity contribution is -0.137. The SMILES string of the molecule is CC1COC(c2cccc(C(F)(F)F)c2)CN1C(=O)c1cccc(=O)[nH]1. The van der Waals surface area contributed by atoms with Crippen LogP contribution in [0.1, 0.15) is 34.6 Å². The van der Waals surface area contributed by atoms with Crippen LogP contribution in [0, 0.1) is 0 Å². The fourth-order valence-corrected chi connectivity index (χ4v) is 2.88. The van der Waals surface area contributed by atoms with Gasteiger partial charge in [0.2, 0.25) is 5.56 Å². The maximum absolute atomic E-state index is 12.9. The van der Waals surface area contributed by atoms with E-state index in [1.807, 2.05) is 0 Å². The summed E-state index contributed by atoms with van der Waals surface area (Å²) >= 11 is 0. The van der Waals surface area contributed by atoms with Gasteiger partial charge in [-0.15, -0.1) is 0 Å². The van der Waals surface area contributed by atoms with E-state index in [4.69, 9.17) is 4.74 Å². The van der Waals surface area contributed by atoms with Crippen molar-refractivity contribution in [3.8, 4) is 0 Å². The van der Waals surface area contributed by atoms with E-state index in [2.05, 4.69) is 4.98 Å². The molecule has 2 atom stereocenters. The van der Waals surface area contributed by atoms with Gasteiger partial charge in [-0.1, -0.05) is 18.2 Å². The Bertz CT molecular complexity index is 863. The minimum Gasteiger partial charge on any atom is -0.370 e. The third-order valence-corrected chi connectivity index (χ3v) is 4.28. The molecule has 0 saturated carbocycles. The molecule has 1 fully saturated rings. The average molecular weight is 366 g/mol. The first kappa shape index (κ1) is 18.2. The van der Waals surface area contributed by atoms with E-state index in [0.717, 1.165) is 12.1 Å². The van der Waals surface area contributed by atoms with Crippen molar-refractivity contribution >= 4 is 5.91 Å². The second-order valence-corrected chi connectivity index (χ2v) is 6.18. The number of halogens is 3. The molecule has 26 heavy (non-hydrogen) atoms. The van der Waals surface area contributed by atoms with Crippen LogP contribution in [0.5, 0.6) is 0 Å². The molecule has 1 saturated heterocycles. The molecular weight excluding hydrogens is 349 g/mol. The molecule has 8 heteroatoms. The number of benzene rings is 1. The highest BCUT2D eigenvalue weighted by Crippen LogP contribution is 2.33. The van der Waals surface area contributed by atoms with Crippen molar-refractivity contribution in [3.63, 3.8) is 0 Å². The maximum atomic E-state index is 12.9. The van der Waals surface area contributed by atoms with E-state index in [0.29, 0.717) is 5.56 Å². The largest absolute Gasteiger partial charge is 0.416 e. The summed E-state index contributed by atoms with van der Waals surface area (Å²) in [6.07, 6.45) is -5.12. The number of nitrogens with one attached hydrogen (secondary N) is 1. The Morgan fingerprint density at radius 2 is 1.96 bits per heavy atom. The monoisotopic (exact) mass is 366 g/mol. The first-order valence-corrected chi connectivity index (χ1v) is 8.05. The van der Waals surface area contributed by atoms with E-state index in [9.17, 15) is 22.8 Å². The second-order valence-electron chi connectivity index (χ2n) is 6.18. The van der Waals surface area contributed by atoms with Crippen LogP contribution in [0.4, 0.5) is 13.2 Å². The molecule has 1 aromatic carbocycles. The molecule has 0 bridgehead atoms. The summed E-state index contributed by atoms with van der Waals surface area (Å²) in [6, 6.07) is 8.88. The number of aromatic nitrogens is 1. The number of H-pyrrole nitrogens is 1. The number of rotatable bonds is 2. The number of carbonyl (C=O) groups excluding carboxylic acids is 1. The molecule has 0 spiro atoms. The van der Waals surface area contributed by atoms with Crippen molar-refractivity contribution in [2.45, 2.75) is 25.2 Å². The van der Waals surface area contributed by atoms with E-state index in [1.165, 1.54) is 29.2 Å². The molecular formula is C18H17F3N2O3. The molecule has 1 aromatic heterocycles. The predicted molar refractivity (Wildman–Crippen MR) is 87.7 cm³/mol. The highest BCUT2D eigenvalue weighted by atomic mass is 19.4. The van der Waals surface area contributed by atoms with Crippen molar-refractivity contribution < 1.29 is 22.7 Å². The van der Waals surface area contributed by atoms with E-state index >= 15 is 0 Å². The maximum Gasteiger partial charge on any atom is 0.416 e. The summed E-state index contributed by atoms with van der Waals surface area (Å²) in [5, 5.41) is 0. The molecule has 2 heterocycles. The van der Waals surface area contributed by atoms with E-state index in [-0.39, 0.29) is 24.9 Å². The molecule has 2 unspecified atom stereocenters. The number of carbonyl (C=O) groups is 1. The summed E-state index contributed by atoms with van der Waals surface area (Å²) in [5.41, 5.74) is -0.672. The van der Waals surface area contributed by atoms with Gasteiger partial charge in [-0.25, -0.2) is 0 Å². The summed E-state index contributed by atoms with van der Waals surface area (Å²) in [7, 11) is 0. The smallest absolute Gasteiger partial charge is 0.370 e. The van der Waals surface area contributed by atoms with Gasteiger partial charge in [0.15, 0.2) is 0 Å². The number of pyridine rings is 1. The van der Waals surface area contributed by atoms with Crippen LogP contribution in [-0.4, -0.2) is 35.0 Å². The zero-order valence-electron chi connectivity index (χ0n) is 13.9. The lowest BCUT2D eigenvalue weighted by Gasteiger charge is -2.38. The average Bonchev–Trinajstić information content (AvgIpc) is 2.61. The van der Waals surface area contributed by atoms with Crippen molar-refractivity contribution in [1.29, 1.82) is 0 Å². The molecule has 1 amide bonds. The summed E-state index contributed by atoms with van der Waals surface area (Å²) in [4.78, 5) is 28.1. The standard InChI is InChI=1S/C18H17F3N2O3/c1-11-10-26-15(12-4-2-5-13(8-12)18(19,20)21)9-23(11)17(25)14-6-3-7-16(24)22-14/h2-8,11,15H,9-10H2,1H3,(H,22,24). The third-order valence-electron chi connectivity index (χ3n) is 4.28. The number of morpholine rings is 1. The van der Waals surface area contributed by atoms with Crippen molar-refractivity contribution in [2.24, 2.45) is 0 Å². The van der Waals surface area contributed by atoms with Crippen LogP contribution in [0.2, 0.25) is 0 Å². The highest BCUT2D eigenvalue weighted by molar-refractivity contribution is 5.92. The zero-order valence-corrected chi connectivity index (χ0v) is 13.9. The minimum absolute atomic E-state index is 0.0955. The number of nitrogens with zero attached hydrogens (tertiary/aromatic N) is 1. The number of ether oxygens (including phenoxy) is 1. The van der Waals surface area contributed by atoms with Crippen LogP contribution >= 0.6 is 0 Å². The Hall–Kier alpha value is -2.61. The zero-order chi connectivity index (χ0) is 18.9. The third kappa shape index (κ3) is 3.80. The summed E-state index contributed by atoms with van der Waals surface area (Å²) in [5.74, 6) is -0.393. The Kier molecular flexibility index (Phi) is 4.86. The molecule has 2 aromatic rings.